The number of hydrogen-bond donors (Lipinski definition) is 1. The minimum Gasteiger partial charge on any atom is -0.489 e. The Bertz CT molecular complexity index is 1230. The first-order valence-corrected chi connectivity index (χ1v) is 11.3. The van der Waals surface area contributed by atoms with Crippen molar-refractivity contribution in [3.8, 4) is 5.75 Å². The normalized spacial score (nSPS) is 18.0. The molecular weight excluding hydrogens is 455 g/mol. The van der Waals surface area contributed by atoms with Crippen molar-refractivity contribution in [3.05, 3.63) is 66.0 Å². The number of halogens is 1. The van der Waals surface area contributed by atoms with Crippen LogP contribution in [0.4, 0.5) is 15.8 Å². The third-order valence-corrected chi connectivity index (χ3v) is 6.01. The number of benzene rings is 2. The summed E-state index contributed by atoms with van der Waals surface area (Å²) in [7, 11) is 1.52. The van der Waals surface area contributed by atoms with Gasteiger partial charge in [0.25, 0.3) is 11.8 Å². The molecule has 1 saturated heterocycles. The highest BCUT2D eigenvalue weighted by atomic mass is 19.1. The predicted octanol–water partition coefficient (Wildman–Crippen LogP) is 1.46. The zero-order valence-electron chi connectivity index (χ0n) is 19.2. The number of nitrogens with zero attached hydrogens (tertiary/aromatic N) is 5. The summed E-state index contributed by atoms with van der Waals surface area (Å²) in [4.78, 5) is 33.1. The predicted molar refractivity (Wildman–Crippen MR) is 125 cm³/mol. The maximum absolute atomic E-state index is 14.9. The van der Waals surface area contributed by atoms with E-state index in [2.05, 4.69) is 15.4 Å². The number of ether oxygens (including phenoxy) is 2. The molecule has 1 aromatic heterocycles. The zero-order chi connectivity index (χ0) is 24.4. The summed E-state index contributed by atoms with van der Waals surface area (Å²) in [6, 6.07) is 11.5. The molecule has 3 aromatic rings. The topological polar surface area (TPSA) is 102 Å². The van der Waals surface area contributed by atoms with Crippen molar-refractivity contribution >= 4 is 23.2 Å². The van der Waals surface area contributed by atoms with Crippen LogP contribution < -0.4 is 19.9 Å². The van der Waals surface area contributed by atoms with E-state index in [1.165, 1.54) is 24.3 Å². The molecule has 182 valence electrons. The number of amides is 2. The Balaban J connectivity index is 1.29. The molecule has 1 fully saturated rings. The molecule has 5 rings (SSSR count). The second-order valence-electron chi connectivity index (χ2n) is 8.36. The van der Waals surface area contributed by atoms with Crippen molar-refractivity contribution in [2.75, 3.05) is 49.8 Å². The van der Waals surface area contributed by atoms with E-state index in [4.69, 9.17) is 9.47 Å². The molecule has 0 unspecified atom stereocenters. The summed E-state index contributed by atoms with van der Waals surface area (Å²) in [5.74, 6) is -1.17. The van der Waals surface area contributed by atoms with Gasteiger partial charge in [-0.15, -0.1) is 5.10 Å². The van der Waals surface area contributed by atoms with Crippen LogP contribution in [-0.4, -0.2) is 72.6 Å². The molecule has 0 aliphatic carbocycles. The smallest absolute Gasteiger partial charge is 0.291 e. The van der Waals surface area contributed by atoms with Crippen molar-refractivity contribution < 1.29 is 23.5 Å². The van der Waals surface area contributed by atoms with E-state index < -0.39 is 23.7 Å². The molecule has 1 atom stereocenters. The highest BCUT2D eigenvalue weighted by Gasteiger charge is 2.33. The van der Waals surface area contributed by atoms with Crippen LogP contribution in [0.5, 0.6) is 5.75 Å². The summed E-state index contributed by atoms with van der Waals surface area (Å²) in [5.41, 5.74) is 1.70. The molecule has 2 aromatic carbocycles. The van der Waals surface area contributed by atoms with Crippen LogP contribution in [0.1, 0.15) is 16.2 Å². The minimum absolute atomic E-state index is 0.0567. The van der Waals surface area contributed by atoms with Crippen molar-refractivity contribution in [2.24, 2.45) is 0 Å². The summed E-state index contributed by atoms with van der Waals surface area (Å²) < 4.78 is 27.7. The van der Waals surface area contributed by atoms with Gasteiger partial charge in [0.05, 0.1) is 31.1 Å². The number of hydrogen-bond acceptors (Lipinski definition) is 7. The van der Waals surface area contributed by atoms with Gasteiger partial charge in [-0.25, -0.2) is 14.1 Å². The van der Waals surface area contributed by atoms with Gasteiger partial charge < -0.3 is 24.6 Å². The number of anilines is 2. The summed E-state index contributed by atoms with van der Waals surface area (Å²) in [6.07, 6.45) is 1.46. The van der Waals surface area contributed by atoms with E-state index in [0.29, 0.717) is 50.0 Å². The number of carbonyl (C=O) groups is 2. The first-order chi connectivity index (χ1) is 17.0. The monoisotopic (exact) mass is 480 g/mol. The Labute approximate surface area is 201 Å². The van der Waals surface area contributed by atoms with E-state index >= 15 is 0 Å². The molecular formula is C24H25FN6O4. The van der Waals surface area contributed by atoms with Gasteiger partial charge in [0, 0.05) is 32.3 Å². The Morgan fingerprint density at radius 1 is 1.17 bits per heavy atom. The summed E-state index contributed by atoms with van der Waals surface area (Å²) >= 11 is 0. The van der Waals surface area contributed by atoms with E-state index in [0.717, 1.165) is 5.56 Å². The number of fused-ring (bicyclic) bond motifs is 1. The van der Waals surface area contributed by atoms with Crippen molar-refractivity contribution in [3.63, 3.8) is 0 Å². The largest absolute Gasteiger partial charge is 0.489 e. The van der Waals surface area contributed by atoms with Gasteiger partial charge in [-0.3, -0.25) is 9.59 Å². The second-order valence-corrected chi connectivity index (χ2v) is 8.36. The Morgan fingerprint density at radius 3 is 2.71 bits per heavy atom. The lowest BCUT2D eigenvalue weighted by Crippen LogP contribution is -2.49. The fourth-order valence-corrected chi connectivity index (χ4v) is 4.12. The molecule has 2 aliphatic heterocycles. The van der Waals surface area contributed by atoms with Crippen molar-refractivity contribution in [1.29, 1.82) is 0 Å². The van der Waals surface area contributed by atoms with Crippen molar-refractivity contribution in [2.45, 2.75) is 12.6 Å². The number of aromatic nitrogens is 3. The van der Waals surface area contributed by atoms with E-state index in [-0.39, 0.29) is 12.4 Å². The lowest BCUT2D eigenvalue weighted by Gasteiger charge is -2.30. The van der Waals surface area contributed by atoms with Gasteiger partial charge in [-0.1, -0.05) is 30.3 Å². The van der Waals surface area contributed by atoms with Gasteiger partial charge in [-0.2, -0.15) is 0 Å². The molecule has 0 bridgehead atoms. The molecule has 2 aliphatic rings. The average molecular weight is 481 g/mol. The van der Waals surface area contributed by atoms with Gasteiger partial charge in [0.1, 0.15) is 30.5 Å². The van der Waals surface area contributed by atoms with Crippen LogP contribution in [0.2, 0.25) is 0 Å². The van der Waals surface area contributed by atoms with Crippen LogP contribution >= 0.6 is 0 Å². The number of likely N-dealkylation sites (N-methyl/N-ethyl adjacent to an activating group) is 1. The molecule has 3 heterocycles. The van der Waals surface area contributed by atoms with E-state index in [1.807, 2.05) is 35.2 Å². The molecule has 11 heteroatoms. The minimum atomic E-state index is -0.990. The fraction of sp³-hybridized carbons (Fsp3) is 0.333. The zero-order valence-corrected chi connectivity index (χ0v) is 19.2. The second kappa shape index (κ2) is 9.71. The highest BCUT2D eigenvalue weighted by Crippen LogP contribution is 2.37. The lowest BCUT2D eigenvalue weighted by atomic mass is 10.2. The van der Waals surface area contributed by atoms with E-state index in [1.54, 1.807) is 10.7 Å². The molecule has 0 saturated carbocycles. The van der Waals surface area contributed by atoms with Crippen LogP contribution in [0.15, 0.2) is 48.8 Å². The van der Waals surface area contributed by atoms with Gasteiger partial charge in [0.2, 0.25) is 5.82 Å². The highest BCUT2D eigenvalue weighted by molar-refractivity contribution is 6.02. The van der Waals surface area contributed by atoms with Gasteiger partial charge in [0.15, 0.2) is 0 Å². The van der Waals surface area contributed by atoms with Crippen LogP contribution in [0.3, 0.4) is 0 Å². The van der Waals surface area contributed by atoms with Crippen LogP contribution in [-0.2, 0) is 16.1 Å². The van der Waals surface area contributed by atoms with Crippen LogP contribution in [0.25, 0.3) is 0 Å². The Kier molecular flexibility index (Phi) is 6.32. The maximum Gasteiger partial charge on any atom is 0.291 e. The Morgan fingerprint density at radius 2 is 1.94 bits per heavy atom. The third kappa shape index (κ3) is 4.80. The quantitative estimate of drug-likeness (QED) is 0.590. The van der Waals surface area contributed by atoms with E-state index in [9.17, 15) is 14.0 Å². The molecule has 0 radical (unpaired) electrons. The lowest BCUT2D eigenvalue weighted by molar-refractivity contribution is -0.120. The van der Waals surface area contributed by atoms with Crippen LogP contribution in [0, 0.1) is 5.82 Å². The molecule has 1 N–H and O–H groups in total. The molecule has 0 spiro atoms. The first kappa shape index (κ1) is 22.8. The summed E-state index contributed by atoms with van der Waals surface area (Å²) in [6.45, 7) is 2.50. The standard InChI is InChI=1S/C24H25FN6O4/c1-29-20-11-17(25)19(30-7-9-34-10-8-30)12-21(20)35-14-18(24(29)33)27-23(32)22-26-15-31(28-22)13-16-5-3-2-4-6-16/h2-6,11-12,15,18H,7-10,13-14H2,1H3,(H,27,32)/t18-/m0/s1. The average Bonchev–Trinajstić information content (AvgIpc) is 3.31. The van der Waals surface area contributed by atoms with Crippen molar-refractivity contribution in [1.82, 2.24) is 20.1 Å². The third-order valence-electron chi connectivity index (χ3n) is 6.01. The number of nitrogens with one attached hydrogen (secondary N) is 1. The number of morpholine rings is 1. The maximum atomic E-state index is 14.9. The van der Waals surface area contributed by atoms with Gasteiger partial charge >= 0.3 is 0 Å². The SMILES string of the molecule is CN1C(=O)[C@@H](NC(=O)c2ncn(Cc3ccccc3)n2)COc2cc(N3CCOCC3)c(F)cc21. The van der Waals surface area contributed by atoms with Gasteiger partial charge in [-0.05, 0) is 5.56 Å². The molecule has 10 nitrogen and oxygen atoms in total. The Hall–Kier alpha value is -3.99. The number of carbonyl (C=O) groups excluding carboxylic acids is 2. The molecule has 2 amide bonds. The fourth-order valence-electron chi connectivity index (χ4n) is 4.12. The number of rotatable bonds is 5. The molecule has 35 heavy (non-hydrogen) atoms. The summed E-state index contributed by atoms with van der Waals surface area (Å²) in [5, 5.41) is 6.86. The first-order valence-electron chi connectivity index (χ1n) is 11.3.